The second-order valence-electron chi connectivity index (χ2n) is 6.14. The molecule has 2 aliphatic rings. The standard InChI is InChI=1S/C12H19NO4/c1-11(2)7(8(11)10(15)16)9(14)13-4-12(3)5-17-6-12/h7-8H,4-6H2,1-3H3,(H,13,14)(H,15,16). The number of carboxylic acids is 1. The predicted octanol–water partition coefficient (Wildman–Crippen LogP) is 0.496. The Labute approximate surface area is 101 Å². The van der Waals surface area contributed by atoms with Crippen molar-refractivity contribution in [2.75, 3.05) is 19.8 Å². The number of carboxylic acid groups (broad SMARTS) is 1. The molecule has 1 amide bonds. The summed E-state index contributed by atoms with van der Waals surface area (Å²) in [6.07, 6.45) is 0. The molecule has 17 heavy (non-hydrogen) atoms. The highest BCUT2D eigenvalue weighted by Crippen LogP contribution is 2.58. The van der Waals surface area contributed by atoms with Gasteiger partial charge in [-0.2, -0.15) is 0 Å². The molecule has 2 fully saturated rings. The van der Waals surface area contributed by atoms with Gasteiger partial charge in [-0.3, -0.25) is 9.59 Å². The van der Waals surface area contributed by atoms with Crippen LogP contribution in [0.3, 0.4) is 0 Å². The van der Waals surface area contributed by atoms with E-state index in [9.17, 15) is 9.59 Å². The Balaban J connectivity index is 1.87. The zero-order chi connectivity index (χ0) is 12.8. The Morgan fingerprint density at radius 1 is 1.29 bits per heavy atom. The minimum atomic E-state index is -0.881. The molecule has 0 aromatic carbocycles. The van der Waals surface area contributed by atoms with Crippen molar-refractivity contribution in [2.24, 2.45) is 22.7 Å². The molecule has 2 N–H and O–H groups in total. The highest BCUT2D eigenvalue weighted by Gasteiger charge is 2.65. The van der Waals surface area contributed by atoms with Crippen LogP contribution in [0, 0.1) is 22.7 Å². The average molecular weight is 241 g/mol. The molecule has 1 aliphatic heterocycles. The van der Waals surface area contributed by atoms with Gasteiger partial charge in [-0.25, -0.2) is 0 Å². The summed E-state index contributed by atoms with van der Waals surface area (Å²) in [5, 5.41) is 11.8. The molecule has 96 valence electrons. The van der Waals surface area contributed by atoms with E-state index in [4.69, 9.17) is 9.84 Å². The Bertz CT molecular complexity index is 360. The topological polar surface area (TPSA) is 75.6 Å². The zero-order valence-electron chi connectivity index (χ0n) is 10.4. The first-order valence-corrected chi connectivity index (χ1v) is 5.86. The van der Waals surface area contributed by atoms with Crippen molar-refractivity contribution in [1.82, 2.24) is 5.32 Å². The van der Waals surface area contributed by atoms with Crippen LogP contribution < -0.4 is 5.32 Å². The number of ether oxygens (including phenoxy) is 1. The molecule has 0 radical (unpaired) electrons. The van der Waals surface area contributed by atoms with Crippen LogP contribution in [0.1, 0.15) is 20.8 Å². The van der Waals surface area contributed by atoms with Gasteiger partial charge in [0.25, 0.3) is 0 Å². The van der Waals surface area contributed by atoms with E-state index in [-0.39, 0.29) is 11.3 Å². The van der Waals surface area contributed by atoms with Gasteiger partial charge in [0.15, 0.2) is 0 Å². The molecular weight excluding hydrogens is 222 g/mol. The second kappa shape index (κ2) is 3.70. The molecule has 1 saturated heterocycles. The Morgan fingerprint density at radius 3 is 2.24 bits per heavy atom. The fourth-order valence-corrected chi connectivity index (χ4v) is 2.55. The summed E-state index contributed by atoms with van der Waals surface area (Å²) >= 11 is 0. The van der Waals surface area contributed by atoms with Crippen LogP contribution in [0.25, 0.3) is 0 Å². The number of hydrogen-bond donors (Lipinski definition) is 2. The largest absolute Gasteiger partial charge is 0.481 e. The number of amides is 1. The van der Waals surface area contributed by atoms with Crippen LogP contribution in [-0.2, 0) is 14.3 Å². The van der Waals surface area contributed by atoms with Crippen molar-refractivity contribution in [3.63, 3.8) is 0 Å². The molecule has 0 aromatic heterocycles. The van der Waals surface area contributed by atoms with Crippen LogP contribution in [0.2, 0.25) is 0 Å². The number of carbonyl (C=O) groups is 2. The van der Waals surface area contributed by atoms with Gasteiger partial charge in [0.2, 0.25) is 5.91 Å². The van der Waals surface area contributed by atoms with E-state index in [0.717, 1.165) is 0 Å². The van der Waals surface area contributed by atoms with E-state index in [0.29, 0.717) is 19.8 Å². The molecule has 2 atom stereocenters. The summed E-state index contributed by atoms with van der Waals surface area (Å²) in [6.45, 7) is 7.57. The van der Waals surface area contributed by atoms with Gasteiger partial charge in [0, 0.05) is 12.0 Å². The predicted molar refractivity (Wildman–Crippen MR) is 60.3 cm³/mol. The van der Waals surface area contributed by atoms with Gasteiger partial charge in [-0.05, 0) is 5.41 Å². The van der Waals surface area contributed by atoms with E-state index < -0.39 is 23.2 Å². The average Bonchev–Trinajstić information content (AvgIpc) is 2.75. The Hall–Kier alpha value is -1.10. The Kier molecular flexibility index (Phi) is 2.69. The van der Waals surface area contributed by atoms with Crippen molar-refractivity contribution in [1.29, 1.82) is 0 Å². The normalized spacial score (nSPS) is 32.4. The first kappa shape index (κ1) is 12.4. The second-order valence-corrected chi connectivity index (χ2v) is 6.14. The number of aliphatic carboxylic acids is 1. The summed E-state index contributed by atoms with van der Waals surface area (Å²) in [6, 6.07) is 0. The van der Waals surface area contributed by atoms with E-state index >= 15 is 0 Å². The monoisotopic (exact) mass is 241 g/mol. The summed E-state index contributed by atoms with van der Waals surface area (Å²) in [4.78, 5) is 22.9. The number of hydrogen-bond acceptors (Lipinski definition) is 3. The zero-order valence-corrected chi connectivity index (χ0v) is 10.4. The summed E-state index contributed by atoms with van der Waals surface area (Å²) in [7, 11) is 0. The molecule has 1 saturated carbocycles. The molecule has 0 bridgehead atoms. The first-order chi connectivity index (χ1) is 7.78. The summed E-state index contributed by atoms with van der Waals surface area (Å²) in [5.74, 6) is -1.97. The lowest BCUT2D eigenvalue weighted by molar-refractivity contribution is -0.141. The Morgan fingerprint density at radius 2 is 1.88 bits per heavy atom. The van der Waals surface area contributed by atoms with Gasteiger partial charge in [-0.15, -0.1) is 0 Å². The molecule has 2 rings (SSSR count). The van der Waals surface area contributed by atoms with Gasteiger partial charge >= 0.3 is 5.97 Å². The van der Waals surface area contributed by atoms with Crippen LogP contribution in [-0.4, -0.2) is 36.7 Å². The third-order valence-corrected chi connectivity index (χ3v) is 3.97. The molecular formula is C12H19NO4. The number of rotatable bonds is 4. The maximum Gasteiger partial charge on any atom is 0.307 e. The molecule has 1 aliphatic carbocycles. The highest BCUT2D eigenvalue weighted by atomic mass is 16.5. The SMILES string of the molecule is CC1(CNC(=O)C2C(C(=O)O)C2(C)C)COC1. The fourth-order valence-electron chi connectivity index (χ4n) is 2.55. The van der Waals surface area contributed by atoms with Gasteiger partial charge in [0.1, 0.15) is 0 Å². The lowest BCUT2D eigenvalue weighted by atomic mass is 9.88. The molecule has 5 nitrogen and oxygen atoms in total. The molecule has 5 heteroatoms. The van der Waals surface area contributed by atoms with Crippen molar-refractivity contribution in [3.8, 4) is 0 Å². The highest BCUT2D eigenvalue weighted by molar-refractivity contribution is 5.91. The van der Waals surface area contributed by atoms with E-state index in [1.165, 1.54) is 0 Å². The number of nitrogens with one attached hydrogen (secondary N) is 1. The van der Waals surface area contributed by atoms with E-state index in [2.05, 4.69) is 5.32 Å². The number of carbonyl (C=O) groups excluding carboxylic acids is 1. The van der Waals surface area contributed by atoms with Crippen molar-refractivity contribution < 1.29 is 19.4 Å². The molecule has 2 unspecified atom stereocenters. The molecule has 1 heterocycles. The first-order valence-electron chi connectivity index (χ1n) is 5.86. The third-order valence-electron chi connectivity index (χ3n) is 3.97. The molecule has 0 aromatic rings. The third kappa shape index (κ3) is 2.04. The fraction of sp³-hybridized carbons (Fsp3) is 0.833. The van der Waals surface area contributed by atoms with Crippen molar-refractivity contribution in [3.05, 3.63) is 0 Å². The lowest BCUT2D eigenvalue weighted by Crippen LogP contribution is -2.49. The van der Waals surface area contributed by atoms with Crippen molar-refractivity contribution >= 4 is 11.9 Å². The lowest BCUT2D eigenvalue weighted by Gasteiger charge is -2.38. The van der Waals surface area contributed by atoms with E-state index in [1.54, 1.807) is 0 Å². The van der Waals surface area contributed by atoms with Crippen LogP contribution in [0.15, 0.2) is 0 Å². The van der Waals surface area contributed by atoms with Crippen LogP contribution >= 0.6 is 0 Å². The van der Waals surface area contributed by atoms with Crippen molar-refractivity contribution in [2.45, 2.75) is 20.8 Å². The van der Waals surface area contributed by atoms with Gasteiger partial charge in [0.05, 0.1) is 25.0 Å². The maximum atomic E-state index is 11.9. The summed E-state index contributed by atoms with van der Waals surface area (Å²) in [5.41, 5.74) is -0.402. The maximum absolute atomic E-state index is 11.9. The minimum Gasteiger partial charge on any atom is -0.481 e. The minimum absolute atomic E-state index is 0.0212. The smallest absolute Gasteiger partial charge is 0.307 e. The van der Waals surface area contributed by atoms with E-state index in [1.807, 2.05) is 20.8 Å². The molecule has 0 spiro atoms. The van der Waals surface area contributed by atoms with Crippen LogP contribution in [0.5, 0.6) is 0 Å². The van der Waals surface area contributed by atoms with Gasteiger partial charge < -0.3 is 15.2 Å². The van der Waals surface area contributed by atoms with Crippen LogP contribution in [0.4, 0.5) is 0 Å². The van der Waals surface area contributed by atoms with Gasteiger partial charge in [-0.1, -0.05) is 20.8 Å². The quantitative estimate of drug-likeness (QED) is 0.751. The summed E-state index contributed by atoms with van der Waals surface area (Å²) < 4.78 is 5.10.